The van der Waals surface area contributed by atoms with Crippen LogP contribution in [0.2, 0.25) is 10.6 Å². The van der Waals surface area contributed by atoms with E-state index in [2.05, 4.69) is 164 Å². The minimum Gasteiger partial charge on any atom is -0.436 e. The van der Waals surface area contributed by atoms with E-state index in [-0.39, 0.29) is 39.7 Å². The normalized spacial score (nSPS) is 14.9. The molecule has 10 aromatic carbocycles. The number of aromatic nitrogens is 9. The first-order valence-electron chi connectivity index (χ1n) is 32.4. The molecule has 0 amide bonds. The zero-order valence-corrected chi connectivity index (χ0v) is 56.4. The SMILES string of the molecule is CC1(C)OB(c2ccc(-c3nc4ccccc4o3)cc2)OC1(C)C.CC1(C)c2ccccc2-c2cc(-c3nc(-c4ccc(-c5nc6ccccc6o5)cc4)nc(-c4ccc(-c5nc6ccccc6o5)cc4)n3)ccc21.CC1(C)c2ccccc2-c2cc(-c3nc(Cl)nc(Cl)n3)ccc21. The predicted molar refractivity (Wildman–Crippen MR) is 388 cm³/mol. The van der Waals surface area contributed by atoms with Crippen LogP contribution in [0.4, 0.5) is 0 Å². The first-order valence-corrected chi connectivity index (χ1v) is 33.1. The Kier molecular flexibility index (Phi) is 15.2. The van der Waals surface area contributed by atoms with Crippen molar-refractivity contribution in [1.82, 2.24) is 44.9 Å². The van der Waals surface area contributed by atoms with Crippen LogP contribution in [0.1, 0.15) is 77.6 Å². The monoisotopic (exact) mass is 1320 g/mol. The maximum absolute atomic E-state index is 6.08. The molecule has 15 aromatic rings. The van der Waals surface area contributed by atoms with Gasteiger partial charge in [0.15, 0.2) is 40.0 Å². The van der Waals surface area contributed by atoms with Gasteiger partial charge in [-0.3, -0.25) is 0 Å². The number of hydrogen-bond acceptors (Lipinski definition) is 14. The van der Waals surface area contributed by atoms with Gasteiger partial charge in [-0.05, 0) is 186 Å². The third kappa shape index (κ3) is 11.3. The van der Waals surface area contributed by atoms with Crippen molar-refractivity contribution < 1.29 is 22.6 Å². The van der Waals surface area contributed by atoms with Crippen molar-refractivity contribution in [3.05, 3.63) is 263 Å². The second kappa shape index (κ2) is 24.1. The molecule has 1 fully saturated rings. The van der Waals surface area contributed by atoms with Gasteiger partial charge in [-0.15, -0.1) is 0 Å². The molecular weight excluding hydrogens is 1260 g/mol. The summed E-state index contributed by atoms with van der Waals surface area (Å²) in [4.78, 5) is 41.1. The Morgan fingerprint density at radius 1 is 0.286 bits per heavy atom. The molecule has 3 aliphatic rings. The lowest BCUT2D eigenvalue weighted by molar-refractivity contribution is 0.00578. The summed E-state index contributed by atoms with van der Waals surface area (Å²) < 4.78 is 30.0. The van der Waals surface area contributed by atoms with Crippen LogP contribution >= 0.6 is 23.2 Å². The Hall–Kier alpha value is -10.8. The fourth-order valence-corrected chi connectivity index (χ4v) is 13.6. The van der Waals surface area contributed by atoms with Crippen LogP contribution in [0, 0.1) is 0 Å². The van der Waals surface area contributed by atoms with Gasteiger partial charge >= 0.3 is 7.12 Å². The van der Waals surface area contributed by atoms with Gasteiger partial charge in [-0.1, -0.05) is 173 Å². The lowest BCUT2D eigenvalue weighted by Gasteiger charge is -2.32. The van der Waals surface area contributed by atoms with Crippen LogP contribution in [0.15, 0.2) is 244 Å². The molecule has 98 heavy (non-hydrogen) atoms. The Balaban J connectivity index is 0.000000132. The molecule has 478 valence electrons. The Labute approximate surface area is 576 Å². The quantitative estimate of drug-likeness (QED) is 0.131. The molecule has 14 nitrogen and oxygen atoms in total. The molecule has 1 aliphatic heterocycles. The topological polar surface area (TPSA) is 174 Å². The first kappa shape index (κ1) is 62.0. The van der Waals surface area contributed by atoms with E-state index in [1.165, 1.54) is 44.5 Å². The molecule has 5 aromatic heterocycles. The first-order chi connectivity index (χ1) is 47.3. The molecule has 0 radical (unpaired) electrons. The minimum absolute atomic E-state index is 0.0150. The summed E-state index contributed by atoms with van der Waals surface area (Å²) in [6, 6.07) is 77.2. The van der Waals surface area contributed by atoms with E-state index in [1.54, 1.807) is 0 Å². The fourth-order valence-electron chi connectivity index (χ4n) is 13.2. The van der Waals surface area contributed by atoms with Gasteiger partial charge in [0.05, 0.1) is 11.2 Å². The molecular formula is C81H62BCl2N9O5. The summed E-state index contributed by atoms with van der Waals surface area (Å²) in [5, 5.41) is 0.197. The average Bonchev–Trinajstić information content (AvgIpc) is 1.58. The summed E-state index contributed by atoms with van der Waals surface area (Å²) in [7, 11) is -0.354. The molecule has 0 N–H and O–H groups in total. The molecule has 6 heterocycles. The second-order valence-electron chi connectivity index (χ2n) is 26.7. The summed E-state index contributed by atoms with van der Waals surface area (Å²) in [5.74, 6) is 4.00. The summed E-state index contributed by atoms with van der Waals surface area (Å²) in [5.41, 5.74) is 21.4. The van der Waals surface area contributed by atoms with E-state index in [0.29, 0.717) is 41.0 Å². The van der Waals surface area contributed by atoms with Crippen LogP contribution in [-0.2, 0) is 20.1 Å². The molecule has 18 rings (SSSR count). The van der Waals surface area contributed by atoms with Crippen molar-refractivity contribution in [1.29, 1.82) is 0 Å². The smallest absolute Gasteiger partial charge is 0.436 e. The maximum atomic E-state index is 6.08. The number of halogens is 2. The largest absolute Gasteiger partial charge is 0.494 e. The van der Waals surface area contributed by atoms with E-state index in [0.717, 1.165) is 77.7 Å². The van der Waals surface area contributed by atoms with Gasteiger partial charge in [-0.2, -0.15) is 15.0 Å². The number of fused-ring (bicyclic) bond motifs is 9. The van der Waals surface area contributed by atoms with Crippen molar-refractivity contribution in [2.45, 2.75) is 77.4 Å². The lowest BCUT2D eigenvalue weighted by Crippen LogP contribution is -2.41. The highest BCUT2D eigenvalue weighted by Crippen LogP contribution is 2.51. The minimum atomic E-state index is -0.354. The predicted octanol–water partition coefficient (Wildman–Crippen LogP) is 19.7. The van der Waals surface area contributed by atoms with Gasteiger partial charge in [0.1, 0.15) is 16.6 Å². The van der Waals surface area contributed by atoms with Gasteiger partial charge in [0.2, 0.25) is 28.2 Å². The lowest BCUT2D eigenvalue weighted by atomic mass is 9.79. The Bertz CT molecular complexity index is 5320. The second-order valence-corrected chi connectivity index (χ2v) is 27.4. The maximum Gasteiger partial charge on any atom is 0.494 e. The van der Waals surface area contributed by atoms with Crippen LogP contribution in [0.3, 0.4) is 0 Å². The summed E-state index contributed by atoms with van der Waals surface area (Å²) in [6.45, 7) is 17.3. The zero-order chi connectivity index (χ0) is 67.2. The molecule has 0 spiro atoms. The van der Waals surface area contributed by atoms with E-state index in [9.17, 15) is 0 Å². The molecule has 0 bridgehead atoms. The number of para-hydroxylation sites is 6. The van der Waals surface area contributed by atoms with Crippen LogP contribution in [0.25, 0.3) is 135 Å². The summed E-state index contributed by atoms with van der Waals surface area (Å²) in [6.07, 6.45) is 0. The zero-order valence-electron chi connectivity index (χ0n) is 54.8. The molecule has 0 saturated carbocycles. The van der Waals surface area contributed by atoms with E-state index in [1.807, 2.05) is 152 Å². The Morgan fingerprint density at radius 3 is 0.980 bits per heavy atom. The molecule has 0 atom stereocenters. The number of nitrogens with zero attached hydrogens (tertiary/aromatic N) is 9. The highest BCUT2D eigenvalue weighted by Gasteiger charge is 2.51. The van der Waals surface area contributed by atoms with Crippen molar-refractivity contribution in [3.63, 3.8) is 0 Å². The van der Waals surface area contributed by atoms with E-state index < -0.39 is 0 Å². The standard InChI is InChI=1S/C44H29N5O2.C19H20BNO3.C18H13Cl2N3/c1-44(2)33-10-4-3-9-31(33)32-25-30(23-24-34(32)44)41-48-39(26-15-19-28(20-16-26)42-45-35-11-5-7-13-37(35)50-42)47-40(49-41)27-17-21-29(22-18-27)43-46-36-12-6-8-14-38(36)51-43;1-18(2)19(3,4)24-20(23-18)14-11-9-13(10-12-14)17-21-15-7-5-6-8-16(15)22-17;1-18(2)13-6-4-3-5-11(13)12-9-10(7-8-14(12)18)15-21-16(19)23-17(20)22-15/h3-25H,1-2H3;5-12H,1-4H3;3-9H,1-2H3. The fraction of sp³-hybridized carbons (Fsp3) is 0.148. The van der Waals surface area contributed by atoms with E-state index in [4.69, 9.17) is 60.7 Å². The number of oxazole rings is 3. The number of rotatable bonds is 8. The van der Waals surface area contributed by atoms with Gasteiger partial charge in [0, 0.05) is 49.8 Å². The Morgan fingerprint density at radius 2 is 0.592 bits per heavy atom. The van der Waals surface area contributed by atoms with Crippen LogP contribution < -0.4 is 5.46 Å². The highest BCUT2D eigenvalue weighted by molar-refractivity contribution is 6.62. The van der Waals surface area contributed by atoms with Crippen molar-refractivity contribution >= 4 is 69.1 Å². The van der Waals surface area contributed by atoms with Crippen LogP contribution in [0.5, 0.6) is 0 Å². The summed E-state index contributed by atoms with van der Waals surface area (Å²) >= 11 is 11.8. The molecule has 1 saturated heterocycles. The molecule has 2 aliphatic carbocycles. The number of benzene rings is 10. The van der Waals surface area contributed by atoms with E-state index >= 15 is 0 Å². The van der Waals surface area contributed by atoms with Gasteiger partial charge in [-0.25, -0.2) is 29.9 Å². The highest BCUT2D eigenvalue weighted by atomic mass is 35.5. The van der Waals surface area contributed by atoms with Crippen molar-refractivity contribution in [3.8, 4) is 102 Å². The van der Waals surface area contributed by atoms with Gasteiger partial charge < -0.3 is 22.6 Å². The third-order valence-electron chi connectivity index (χ3n) is 19.2. The third-order valence-corrected chi connectivity index (χ3v) is 19.6. The molecule has 17 heteroatoms. The van der Waals surface area contributed by atoms with Crippen molar-refractivity contribution in [2.75, 3.05) is 0 Å². The van der Waals surface area contributed by atoms with Gasteiger partial charge in [0.25, 0.3) is 0 Å². The average molecular weight is 1320 g/mol. The van der Waals surface area contributed by atoms with Crippen LogP contribution in [-0.4, -0.2) is 63.2 Å². The van der Waals surface area contributed by atoms with Crippen molar-refractivity contribution in [2.24, 2.45) is 0 Å². The molecule has 0 unspecified atom stereocenters. The number of hydrogen-bond donors (Lipinski definition) is 0.